The van der Waals surface area contributed by atoms with Gasteiger partial charge < -0.3 is 30.1 Å². The number of aliphatic hydroxyl groups excluding tert-OH is 2. The number of aromatic nitrogens is 1. The lowest BCUT2D eigenvalue weighted by Gasteiger charge is -2.37. The lowest BCUT2D eigenvalue weighted by Crippen LogP contribution is -2.55. The average molecular weight is 547 g/mol. The fourth-order valence-electron chi connectivity index (χ4n) is 4.41. The van der Waals surface area contributed by atoms with Gasteiger partial charge in [-0.15, -0.1) is 11.3 Å². The molecule has 0 spiro atoms. The number of nitrogens with one attached hydrogen (secondary N) is 1. The predicted molar refractivity (Wildman–Crippen MR) is 149 cm³/mol. The largest absolute Gasteiger partial charge is 0.486 e. The van der Waals surface area contributed by atoms with E-state index in [0.29, 0.717) is 38.5 Å². The third-order valence-electron chi connectivity index (χ3n) is 6.62. The monoisotopic (exact) mass is 546 g/mol. The molecule has 0 radical (unpaired) electrons. The van der Waals surface area contributed by atoms with Crippen LogP contribution in [0.1, 0.15) is 10.6 Å². The van der Waals surface area contributed by atoms with Gasteiger partial charge in [-0.05, 0) is 42.0 Å². The summed E-state index contributed by atoms with van der Waals surface area (Å²) in [5.41, 5.74) is 2.80. The summed E-state index contributed by atoms with van der Waals surface area (Å²) >= 11 is 1.59. The molecular formula is C29H30N4O5S. The summed E-state index contributed by atoms with van der Waals surface area (Å²) in [6, 6.07) is 25.0. The zero-order chi connectivity index (χ0) is 27.2. The quantitative estimate of drug-likeness (QED) is 0.296. The van der Waals surface area contributed by atoms with Crippen LogP contribution >= 0.6 is 11.3 Å². The molecule has 3 N–H and O–H groups in total. The number of anilines is 1. The van der Waals surface area contributed by atoms with Crippen LogP contribution in [-0.4, -0.2) is 70.3 Å². The van der Waals surface area contributed by atoms with Crippen LogP contribution in [0.4, 0.5) is 5.69 Å². The van der Waals surface area contributed by atoms with Crippen molar-refractivity contribution in [2.45, 2.75) is 25.4 Å². The number of hydrogen-bond acceptors (Lipinski definition) is 8. The number of aliphatic hydroxyl groups is 2. The van der Waals surface area contributed by atoms with Crippen molar-refractivity contribution >= 4 is 39.1 Å². The molecule has 1 saturated heterocycles. The summed E-state index contributed by atoms with van der Waals surface area (Å²) < 4.78 is 6.94. The number of carbonyl (C=O) groups is 2. The Labute approximate surface area is 230 Å². The second-order valence-corrected chi connectivity index (χ2v) is 10.4. The minimum absolute atomic E-state index is 0.130. The highest BCUT2D eigenvalue weighted by Gasteiger charge is 2.34. The van der Waals surface area contributed by atoms with E-state index in [-0.39, 0.29) is 6.54 Å². The first-order chi connectivity index (χ1) is 19.0. The van der Waals surface area contributed by atoms with Crippen molar-refractivity contribution in [2.75, 3.05) is 31.1 Å². The molecule has 0 saturated carbocycles. The number of hydrogen-bond donors (Lipinski definition) is 3. The number of nitrogens with zero attached hydrogens (tertiary/aromatic N) is 3. The molecule has 1 aliphatic heterocycles. The van der Waals surface area contributed by atoms with E-state index in [0.717, 1.165) is 26.5 Å². The molecule has 39 heavy (non-hydrogen) atoms. The smallest absolute Gasteiger partial charge is 0.254 e. The Hall–Kier alpha value is -3.99. The minimum atomic E-state index is -1.86. The standard InChI is InChI=1S/C29H30N4O5S/c34-26(27(35)29(37)33-16-14-32(15-17-33)21-6-2-1-3-7-21)28(36)30-18-20-10-12-22(13-11-20)38-19-25-31-23-8-4-5-9-24(23)39-25/h1-13,26-27,34-35H,14-19H2,(H,30,36)/t26-,27-/m1/s1. The fraction of sp³-hybridized carbons (Fsp3) is 0.276. The molecule has 0 aliphatic carbocycles. The van der Waals surface area contributed by atoms with Gasteiger partial charge in [0.1, 0.15) is 17.4 Å². The first kappa shape index (κ1) is 26.6. The highest BCUT2D eigenvalue weighted by molar-refractivity contribution is 7.18. The first-order valence-corrected chi connectivity index (χ1v) is 13.6. The van der Waals surface area contributed by atoms with Crippen LogP contribution in [0, 0.1) is 0 Å². The van der Waals surface area contributed by atoms with E-state index >= 15 is 0 Å². The number of rotatable bonds is 9. The van der Waals surface area contributed by atoms with Crippen LogP contribution in [0.15, 0.2) is 78.9 Å². The summed E-state index contributed by atoms with van der Waals surface area (Å²) in [5.74, 6) is -0.798. The van der Waals surface area contributed by atoms with E-state index in [4.69, 9.17) is 4.74 Å². The number of thiazole rings is 1. The maximum Gasteiger partial charge on any atom is 0.254 e. The average Bonchev–Trinajstić information content (AvgIpc) is 3.42. The van der Waals surface area contributed by atoms with Crippen molar-refractivity contribution in [1.82, 2.24) is 15.2 Å². The number of fused-ring (bicyclic) bond motifs is 1. The second-order valence-electron chi connectivity index (χ2n) is 9.26. The molecular weight excluding hydrogens is 516 g/mol. The van der Waals surface area contributed by atoms with E-state index in [1.807, 2.05) is 54.6 Å². The lowest BCUT2D eigenvalue weighted by molar-refractivity contribution is -0.153. The molecule has 1 fully saturated rings. The van der Waals surface area contributed by atoms with Crippen LogP contribution in [0.5, 0.6) is 5.75 Å². The Morgan fingerprint density at radius 3 is 2.31 bits per heavy atom. The topological polar surface area (TPSA) is 115 Å². The summed E-state index contributed by atoms with van der Waals surface area (Å²) in [7, 11) is 0. The van der Waals surface area contributed by atoms with Crippen LogP contribution in [-0.2, 0) is 22.7 Å². The van der Waals surface area contributed by atoms with Gasteiger partial charge in [-0.1, -0.05) is 42.5 Å². The molecule has 1 aromatic heterocycles. The van der Waals surface area contributed by atoms with Gasteiger partial charge in [0, 0.05) is 38.4 Å². The van der Waals surface area contributed by atoms with Gasteiger partial charge in [0.15, 0.2) is 12.2 Å². The number of amides is 2. The number of carbonyl (C=O) groups excluding carboxylic acids is 2. The molecule has 1 aliphatic rings. The van der Waals surface area contributed by atoms with Crippen molar-refractivity contribution in [3.63, 3.8) is 0 Å². The molecule has 202 valence electrons. The number of benzene rings is 3. The number of piperazine rings is 1. The van der Waals surface area contributed by atoms with E-state index < -0.39 is 24.0 Å². The van der Waals surface area contributed by atoms with Gasteiger partial charge in [0.25, 0.3) is 11.8 Å². The molecule has 0 bridgehead atoms. The molecule has 5 rings (SSSR count). The Bertz CT molecular complexity index is 1370. The Morgan fingerprint density at radius 1 is 0.897 bits per heavy atom. The Balaban J connectivity index is 1.06. The summed E-state index contributed by atoms with van der Waals surface area (Å²) in [4.78, 5) is 33.4. The maximum atomic E-state index is 12.7. The van der Waals surface area contributed by atoms with Crippen LogP contribution in [0.2, 0.25) is 0 Å². The van der Waals surface area contributed by atoms with E-state index in [2.05, 4.69) is 15.2 Å². The maximum absolute atomic E-state index is 12.7. The lowest BCUT2D eigenvalue weighted by atomic mass is 10.1. The van der Waals surface area contributed by atoms with Gasteiger partial charge in [0.2, 0.25) is 0 Å². The number of ether oxygens (including phenoxy) is 1. The Morgan fingerprint density at radius 2 is 1.59 bits per heavy atom. The van der Waals surface area contributed by atoms with Crippen molar-refractivity contribution in [3.05, 3.63) is 89.4 Å². The fourth-order valence-corrected chi connectivity index (χ4v) is 5.29. The molecule has 4 aromatic rings. The summed E-state index contributed by atoms with van der Waals surface area (Å²) in [6.07, 6.45) is -3.69. The zero-order valence-corrected chi connectivity index (χ0v) is 22.1. The van der Waals surface area contributed by atoms with E-state index in [1.54, 1.807) is 35.6 Å². The summed E-state index contributed by atoms with van der Waals surface area (Å²) in [6.45, 7) is 2.48. The van der Waals surface area contributed by atoms with Crippen LogP contribution in [0.25, 0.3) is 10.2 Å². The summed E-state index contributed by atoms with van der Waals surface area (Å²) in [5, 5.41) is 24.2. The van der Waals surface area contributed by atoms with Gasteiger partial charge >= 0.3 is 0 Å². The first-order valence-electron chi connectivity index (χ1n) is 12.8. The minimum Gasteiger partial charge on any atom is -0.486 e. The highest BCUT2D eigenvalue weighted by atomic mass is 32.1. The SMILES string of the molecule is O=C(NCc1ccc(OCc2nc3ccccc3s2)cc1)[C@H](O)[C@@H](O)C(=O)N1CCN(c2ccccc2)CC1. The number of para-hydroxylation sites is 2. The Kier molecular flexibility index (Phi) is 8.36. The van der Waals surface area contributed by atoms with Crippen LogP contribution < -0.4 is 15.0 Å². The van der Waals surface area contributed by atoms with Crippen molar-refractivity contribution < 1.29 is 24.5 Å². The van der Waals surface area contributed by atoms with Gasteiger partial charge in [0.05, 0.1) is 10.2 Å². The zero-order valence-electron chi connectivity index (χ0n) is 21.3. The predicted octanol–water partition coefficient (Wildman–Crippen LogP) is 2.56. The van der Waals surface area contributed by atoms with E-state index in [9.17, 15) is 19.8 Å². The molecule has 2 amide bonds. The van der Waals surface area contributed by atoms with Gasteiger partial charge in [-0.25, -0.2) is 4.98 Å². The molecule has 2 heterocycles. The van der Waals surface area contributed by atoms with Gasteiger partial charge in [-0.3, -0.25) is 9.59 Å². The molecule has 10 heteroatoms. The van der Waals surface area contributed by atoms with Crippen molar-refractivity contribution in [3.8, 4) is 5.75 Å². The highest BCUT2D eigenvalue weighted by Crippen LogP contribution is 2.23. The van der Waals surface area contributed by atoms with Crippen molar-refractivity contribution in [2.24, 2.45) is 0 Å². The van der Waals surface area contributed by atoms with Crippen molar-refractivity contribution in [1.29, 1.82) is 0 Å². The third-order valence-corrected chi connectivity index (χ3v) is 7.63. The molecule has 0 unspecified atom stereocenters. The van der Waals surface area contributed by atoms with Gasteiger partial charge in [-0.2, -0.15) is 0 Å². The van der Waals surface area contributed by atoms with E-state index in [1.165, 1.54) is 4.90 Å². The molecule has 3 aromatic carbocycles. The molecule has 2 atom stereocenters. The molecule has 9 nitrogen and oxygen atoms in total. The van der Waals surface area contributed by atoms with Crippen LogP contribution in [0.3, 0.4) is 0 Å². The normalized spacial score (nSPS) is 15.1. The third kappa shape index (κ3) is 6.54. The second kappa shape index (κ2) is 12.2.